The number of hydrogen-bond acceptors (Lipinski definition) is 9. The molecule has 132 valence electrons. The molecule has 0 saturated carbocycles. The highest BCUT2D eigenvalue weighted by atomic mass is 16.6. The molecular formula is C16H15N7O3. The lowest BCUT2D eigenvalue weighted by atomic mass is 10.1. The van der Waals surface area contributed by atoms with Crippen molar-refractivity contribution in [2.24, 2.45) is 0 Å². The van der Waals surface area contributed by atoms with Gasteiger partial charge in [-0.3, -0.25) is 10.1 Å². The number of nitrogens with two attached hydrogens (primary N) is 1. The number of ether oxygens (including phenoxy) is 1. The van der Waals surface area contributed by atoms with Gasteiger partial charge in [-0.2, -0.15) is 9.97 Å². The lowest BCUT2D eigenvalue weighted by Gasteiger charge is -2.28. The van der Waals surface area contributed by atoms with Gasteiger partial charge in [0.25, 0.3) is 5.69 Å². The van der Waals surface area contributed by atoms with Crippen molar-refractivity contribution >= 4 is 28.6 Å². The molecule has 0 spiro atoms. The summed E-state index contributed by atoms with van der Waals surface area (Å²) in [5, 5.41) is 11.3. The fraction of sp³-hybridized carbons (Fsp3) is 0.250. The van der Waals surface area contributed by atoms with Crippen molar-refractivity contribution in [1.29, 1.82) is 0 Å². The second-order valence-electron chi connectivity index (χ2n) is 5.71. The first kappa shape index (κ1) is 16.1. The van der Waals surface area contributed by atoms with Crippen LogP contribution in [0.15, 0.2) is 30.5 Å². The average Bonchev–Trinajstić information content (AvgIpc) is 2.67. The van der Waals surface area contributed by atoms with E-state index in [0.29, 0.717) is 54.5 Å². The number of anilines is 2. The zero-order chi connectivity index (χ0) is 18.1. The van der Waals surface area contributed by atoms with E-state index < -0.39 is 4.92 Å². The van der Waals surface area contributed by atoms with Crippen LogP contribution in [0.3, 0.4) is 0 Å². The summed E-state index contributed by atoms with van der Waals surface area (Å²) in [6.07, 6.45) is 1.46. The number of aromatic nitrogens is 4. The number of nitro benzene ring substituents is 1. The predicted octanol–water partition coefficient (Wildman–Crippen LogP) is 1.41. The van der Waals surface area contributed by atoms with Crippen molar-refractivity contribution in [3.63, 3.8) is 0 Å². The van der Waals surface area contributed by atoms with Crippen LogP contribution in [0.2, 0.25) is 0 Å². The second-order valence-corrected chi connectivity index (χ2v) is 5.71. The van der Waals surface area contributed by atoms with Crippen molar-refractivity contribution in [3.8, 4) is 11.3 Å². The topological polar surface area (TPSA) is 133 Å². The van der Waals surface area contributed by atoms with E-state index in [1.54, 1.807) is 18.2 Å². The Labute approximate surface area is 147 Å². The molecule has 1 aliphatic heterocycles. The molecule has 10 nitrogen and oxygen atoms in total. The molecule has 1 aliphatic rings. The molecule has 0 amide bonds. The third kappa shape index (κ3) is 2.86. The van der Waals surface area contributed by atoms with E-state index >= 15 is 0 Å². The molecule has 10 heteroatoms. The van der Waals surface area contributed by atoms with E-state index in [4.69, 9.17) is 10.5 Å². The van der Waals surface area contributed by atoms with Crippen LogP contribution >= 0.6 is 0 Å². The largest absolute Gasteiger partial charge is 0.378 e. The van der Waals surface area contributed by atoms with Gasteiger partial charge in [-0.1, -0.05) is 12.1 Å². The Balaban J connectivity index is 1.89. The van der Waals surface area contributed by atoms with Gasteiger partial charge in [0, 0.05) is 19.2 Å². The highest BCUT2D eigenvalue weighted by Crippen LogP contribution is 2.30. The molecule has 0 radical (unpaired) electrons. The lowest BCUT2D eigenvalue weighted by molar-refractivity contribution is -0.384. The van der Waals surface area contributed by atoms with Crippen molar-refractivity contribution in [2.75, 3.05) is 36.9 Å². The maximum Gasteiger partial charge on any atom is 0.278 e. The molecule has 2 aromatic heterocycles. The van der Waals surface area contributed by atoms with Gasteiger partial charge in [0.15, 0.2) is 17.0 Å². The van der Waals surface area contributed by atoms with Crippen LogP contribution in [-0.2, 0) is 4.74 Å². The fourth-order valence-corrected chi connectivity index (χ4v) is 2.88. The Morgan fingerprint density at radius 3 is 2.69 bits per heavy atom. The Kier molecular flexibility index (Phi) is 4.01. The van der Waals surface area contributed by atoms with Crippen LogP contribution in [0.4, 0.5) is 17.5 Å². The van der Waals surface area contributed by atoms with Crippen LogP contribution < -0.4 is 10.6 Å². The maximum absolute atomic E-state index is 11.3. The number of nitrogen functional groups attached to an aromatic ring is 1. The Hall–Kier alpha value is -3.40. The number of morpholine rings is 1. The van der Waals surface area contributed by atoms with Gasteiger partial charge in [-0.15, -0.1) is 0 Å². The molecule has 2 N–H and O–H groups in total. The van der Waals surface area contributed by atoms with Gasteiger partial charge >= 0.3 is 0 Å². The van der Waals surface area contributed by atoms with Gasteiger partial charge in [0.05, 0.1) is 35.6 Å². The minimum Gasteiger partial charge on any atom is -0.378 e. The van der Waals surface area contributed by atoms with Gasteiger partial charge in [0.2, 0.25) is 5.95 Å². The van der Waals surface area contributed by atoms with Gasteiger partial charge in [0.1, 0.15) is 0 Å². The van der Waals surface area contributed by atoms with Crippen LogP contribution in [0, 0.1) is 10.1 Å². The molecule has 0 aliphatic carbocycles. The lowest BCUT2D eigenvalue weighted by Crippen LogP contribution is -2.37. The van der Waals surface area contributed by atoms with Crippen molar-refractivity contribution in [2.45, 2.75) is 0 Å². The quantitative estimate of drug-likeness (QED) is 0.548. The summed E-state index contributed by atoms with van der Waals surface area (Å²) >= 11 is 0. The molecule has 26 heavy (non-hydrogen) atoms. The van der Waals surface area contributed by atoms with E-state index in [1.807, 2.05) is 4.90 Å². The molecule has 1 aromatic carbocycles. The molecule has 4 rings (SSSR count). The highest BCUT2D eigenvalue weighted by Gasteiger charge is 2.21. The maximum atomic E-state index is 11.3. The van der Waals surface area contributed by atoms with E-state index in [0.717, 1.165) is 0 Å². The summed E-state index contributed by atoms with van der Waals surface area (Å²) < 4.78 is 5.37. The first-order valence-corrected chi connectivity index (χ1v) is 8.00. The number of para-hydroxylation sites is 1. The zero-order valence-electron chi connectivity index (χ0n) is 13.7. The number of nitro groups is 1. The molecule has 1 saturated heterocycles. The first-order valence-electron chi connectivity index (χ1n) is 8.00. The Bertz CT molecular complexity index is 989. The summed E-state index contributed by atoms with van der Waals surface area (Å²) in [5.41, 5.74) is 7.34. The number of fused-ring (bicyclic) bond motifs is 1. The second kappa shape index (κ2) is 6.48. The van der Waals surface area contributed by atoms with E-state index in [9.17, 15) is 10.1 Å². The number of hydrogen-bond donors (Lipinski definition) is 1. The van der Waals surface area contributed by atoms with Crippen LogP contribution in [0.25, 0.3) is 22.4 Å². The summed E-state index contributed by atoms with van der Waals surface area (Å²) in [6, 6.07) is 6.40. The monoisotopic (exact) mass is 353 g/mol. The normalized spacial score (nSPS) is 14.5. The summed E-state index contributed by atoms with van der Waals surface area (Å²) in [4.78, 5) is 30.2. The van der Waals surface area contributed by atoms with Gasteiger partial charge in [-0.25, -0.2) is 9.97 Å². The van der Waals surface area contributed by atoms with Crippen LogP contribution in [0.5, 0.6) is 0 Å². The Morgan fingerprint density at radius 1 is 1.15 bits per heavy atom. The first-order chi connectivity index (χ1) is 12.6. The molecular weight excluding hydrogens is 338 g/mol. The number of benzene rings is 1. The molecule has 0 unspecified atom stereocenters. The minimum atomic E-state index is -0.441. The van der Waals surface area contributed by atoms with Crippen molar-refractivity contribution < 1.29 is 9.66 Å². The third-order valence-corrected chi connectivity index (χ3v) is 4.09. The van der Waals surface area contributed by atoms with Crippen molar-refractivity contribution in [1.82, 2.24) is 19.9 Å². The van der Waals surface area contributed by atoms with Gasteiger partial charge in [-0.05, 0) is 6.07 Å². The molecule has 0 atom stereocenters. The van der Waals surface area contributed by atoms with E-state index in [1.165, 1.54) is 12.3 Å². The van der Waals surface area contributed by atoms with E-state index in [-0.39, 0.29) is 11.6 Å². The predicted molar refractivity (Wildman–Crippen MR) is 94.7 cm³/mol. The summed E-state index contributed by atoms with van der Waals surface area (Å²) in [6.45, 7) is 2.43. The number of nitrogens with zero attached hydrogens (tertiary/aromatic N) is 6. The summed E-state index contributed by atoms with van der Waals surface area (Å²) in [5.74, 6) is 0.662. The molecule has 3 aromatic rings. The van der Waals surface area contributed by atoms with Crippen LogP contribution in [-0.4, -0.2) is 51.2 Å². The summed E-state index contributed by atoms with van der Waals surface area (Å²) in [7, 11) is 0. The van der Waals surface area contributed by atoms with E-state index in [2.05, 4.69) is 19.9 Å². The minimum absolute atomic E-state index is 0.0366. The zero-order valence-corrected chi connectivity index (χ0v) is 13.7. The molecule has 3 heterocycles. The highest BCUT2D eigenvalue weighted by molar-refractivity contribution is 5.86. The standard InChI is InChI=1S/C16H15N7O3/c17-16-20-14-13(15(21-16)22-5-7-26-8-6-22)19-11(9-18-14)10-3-1-2-4-12(10)23(24)25/h1-4,9H,5-8H2,(H2,17,18,20,21). The fourth-order valence-electron chi connectivity index (χ4n) is 2.88. The number of rotatable bonds is 3. The Morgan fingerprint density at radius 2 is 1.92 bits per heavy atom. The third-order valence-electron chi connectivity index (χ3n) is 4.09. The molecule has 0 bridgehead atoms. The smallest absolute Gasteiger partial charge is 0.278 e. The SMILES string of the molecule is Nc1nc(N2CCOCC2)c2nc(-c3ccccc3[N+](=O)[O-])cnc2n1. The average molecular weight is 353 g/mol. The molecule has 1 fully saturated rings. The van der Waals surface area contributed by atoms with Crippen LogP contribution in [0.1, 0.15) is 0 Å². The van der Waals surface area contributed by atoms with Gasteiger partial charge < -0.3 is 15.4 Å². The van der Waals surface area contributed by atoms with Crippen molar-refractivity contribution in [3.05, 3.63) is 40.6 Å².